The van der Waals surface area contributed by atoms with Crippen molar-refractivity contribution in [3.8, 4) is 0 Å². The van der Waals surface area contributed by atoms with Crippen LogP contribution in [-0.2, 0) is 0 Å². The lowest BCUT2D eigenvalue weighted by Crippen LogP contribution is -2.13. The molecule has 0 bridgehead atoms. The van der Waals surface area contributed by atoms with Gasteiger partial charge in [-0.05, 0) is 38.1 Å². The number of aromatic amines is 1. The van der Waals surface area contributed by atoms with Crippen LogP contribution in [0.25, 0.3) is 0 Å². The zero-order valence-electron chi connectivity index (χ0n) is 11.0. The molecule has 0 aliphatic rings. The lowest BCUT2D eigenvalue weighted by molar-refractivity contribution is 0.0696. The smallest absolute Gasteiger partial charge is 0.335 e. The zero-order valence-corrected chi connectivity index (χ0v) is 11.7. The van der Waals surface area contributed by atoms with Crippen LogP contribution >= 0.6 is 11.6 Å². The van der Waals surface area contributed by atoms with Gasteiger partial charge in [-0.2, -0.15) is 0 Å². The number of hydrogen-bond acceptors (Lipinski definition) is 2. The number of aryl methyl sites for hydroxylation is 2. The fraction of sp³-hybridized carbons (Fsp3) is 0.143. The van der Waals surface area contributed by atoms with Gasteiger partial charge in [0.15, 0.2) is 0 Å². The van der Waals surface area contributed by atoms with E-state index in [1.165, 1.54) is 18.2 Å². The van der Waals surface area contributed by atoms with Crippen LogP contribution in [0.5, 0.6) is 0 Å². The summed E-state index contributed by atoms with van der Waals surface area (Å²) in [4.78, 5) is 26.1. The van der Waals surface area contributed by atoms with Gasteiger partial charge >= 0.3 is 5.97 Å². The number of carbonyl (C=O) groups is 2. The van der Waals surface area contributed by atoms with Crippen LogP contribution in [0.3, 0.4) is 0 Å². The number of nitrogens with one attached hydrogen (secondary N) is 2. The summed E-state index contributed by atoms with van der Waals surface area (Å²) in [5, 5.41) is 11.8. The van der Waals surface area contributed by atoms with Crippen molar-refractivity contribution in [3.05, 3.63) is 51.8 Å². The second-order valence-corrected chi connectivity index (χ2v) is 4.92. The maximum atomic E-state index is 12.1. The molecule has 20 heavy (non-hydrogen) atoms. The molecule has 6 heteroatoms. The van der Waals surface area contributed by atoms with E-state index >= 15 is 0 Å². The van der Waals surface area contributed by atoms with Crippen LogP contribution in [0.1, 0.15) is 32.1 Å². The Hall–Kier alpha value is -2.27. The Balaban J connectivity index is 2.28. The van der Waals surface area contributed by atoms with Gasteiger partial charge in [-0.15, -0.1) is 0 Å². The zero-order chi connectivity index (χ0) is 14.9. The third kappa shape index (κ3) is 3.00. The highest BCUT2D eigenvalue weighted by molar-refractivity contribution is 6.31. The van der Waals surface area contributed by atoms with Crippen molar-refractivity contribution in [3.63, 3.8) is 0 Å². The summed E-state index contributed by atoms with van der Waals surface area (Å²) in [6, 6.07) is 5.92. The van der Waals surface area contributed by atoms with Gasteiger partial charge in [-0.1, -0.05) is 11.6 Å². The fourth-order valence-corrected chi connectivity index (χ4v) is 2.18. The first kappa shape index (κ1) is 14.1. The van der Waals surface area contributed by atoms with Gasteiger partial charge in [0.25, 0.3) is 5.91 Å². The molecule has 104 valence electrons. The first-order valence-electron chi connectivity index (χ1n) is 5.88. The Morgan fingerprint density at radius 3 is 2.45 bits per heavy atom. The SMILES string of the molecule is Cc1cc(C(=O)Nc2cc(Cl)cc(C(=O)O)c2)c(C)[nH]1. The summed E-state index contributed by atoms with van der Waals surface area (Å²) in [5.74, 6) is -1.41. The summed E-state index contributed by atoms with van der Waals surface area (Å²) in [6.45, 7) is 3.65. The average molecular weight is 293 g/mol. The molecule has 0 unspecified atom stereocenters. The van der Waals surface area contributed by atoms with E-state index < -0.39 is 5.97 Å². The Morgan fingerprint density at radius 2 is 1.90 bits per heavy atom. The van der Waals surface area contributed by atoms with Crippen molar-refractivity contribution in [1.82, 2.24) is 4.98 Å². The number of benzene rings is 1. The van der Waals surface area contributed by atoms with Gasteiger partial charge in [-0.3, -0.25) is 4.79 Å². The monoisotopic (exact) mass is 292 g/mol. The highest BCUT2D eigenvalue weighted by atomic mass is 35.5. The van der Waals surface area contributed by atoms with E-state index in [9.17, 15) is 9.59 Å². The molecule has 0 saturated heterocycles. The second-order valence-electron chi connectivity index (χ2n) is 4.48. The number of rotatable bonds is 3. The number of anilines is 1. The van der Waals surface area contributed by atoms with E-state index in [1.54, 1.807) is 13.0 Å². The molecule has 0 aliphatic carbocycles. The number of aromatic carboxylic acids is 1. The van der Waals surface area contributed by atoms with Gasteiger partial charge < -0.3 is 15.4 Å². The lowest BCUT2D eigenvalue weighted by Gasteiger charge is -2.06. The van der Waals surface area contributed by atoms with Crippen molar-refractivity contribution in [1.29, 1.82) is 0 Å². The molecule has 0 fully saturated rings. The molecular weight excluding hydrogens is 280 g/mol. The van der Waals surface area contributed by atoms with Crippen LogP contribution in [0.2, 0.25) is 5.02 Å². The highest BCUT2D eigenvalue weighted by Crippen LogP contribution is 2.20. The van der Waals surface area contributed by atoms with Crippen LogP contribution in [0.4, 0.5) is 5.69 Å². The predicted molar refractivity (Wildman–Crippen MR) is 76.6 cm³/mol. The highest BCUT2D eigenvalue weighted by Gasteiger charge is 2.13. The number of carboxylic acid groups (broad SMARTS) is 1. The first-order valence-corrected chi connectivity index (χ1v) is 6.26. The molecule has 0 spiro atoms. The number of H-pyrrole nitrogens is 1. The molecule has 5 nitrogen and oxygen atoms in total. The van der Waals surface area contributed by atoms with Crippen LogP contribution in [0.15, 0.2) is 24.3 Å². The third-order valence-electron chi connectivity index (χ3n) is 2.80. The molecule has 2 rings (SSSR count). The molecule has 3 N–H and O–H groups in total. The number of aromatic nitrogens is 1. The molecule has 1 amide bonds. The molecule has 2 aromatic rings. The maximum absolute atomic E-state index is 12.1. The average Bonchev–Trinajstić information content (AvgIpc) is 2.67. The van der Waals surface area contributed by atoms with E-state index in [1.807, 2.05) is 6.92 Å². The molecule has 0 aliphatic heterocycles. The molecule has 1 aromatic carbocycles. The molecule has 0 saturated carbocycles. The van der Waals surface area contributed by atoms with E-state index in [4.69, 9.17) is 16.7 Å². The predicted octanol–water partition coefficient (Wildman–Crippen LogP) is 3.24. The van der Waals surface area contributed by atoms with Gasteiger partial charge in [0, 0.05) is 22.1 Å². The minimum atomic E-state index is -1.10. The Bertz CT molecular complexity index is 692. The van der Waals surface area contributed by atoms with E-state index in [0.717, 1.165) is 11.4 Å². The topological polar surface area (TPSA) is 82.2 Å². The molecular formula is C14H13ClN2O3. The summed E-state index contributed by atoms with van der Waals surface area (Å²) < 4.78 is 0. The third-order valence-corrected chi connectivity index (χ3v) is 3.01. The number of hydrogen-bond donors (Lipinski definition) is 3. The van der Waals surface area contributed by atoms with Crippen molar-refractivity contribution in [2.45, 2.75) is 13.8 Å². The van der Waals surface area contributed by atoms with Crippen molar-refractivity contribution in [2.24, 2.45) is 0 Å². The minimum absolute atomic E-state index is 0.0229. The number of amides is 1. The molecule has 0 radical (unpaired) electrons. The van der Waals surface area contributed by atoms with Crippen molar-refractivity contribution < 1.29 is 14.7 Å². The minimum Gasteiger partial charge on any atom is -0.478 e. The Labute approximate surface area is 120 Å². The summed E-state index contributed by atoms with van der Waals surface area (Å²) in [7, 11) is 0. The summed E-state index contributed by atoms with van der Waals surface area (Å²) in [5.41, 5.74) is 2.51. The van der Waals surface area contributed by atoms with E-state index in [2.05, 4.69) is 10.3 Å². The van der Waals surface area contributed by atoms with Gasteiger partial charge in [0.1, 0.15) is 0 Å². The van der Waals surface area contributed by atoms with Gasteiger partial charge in [0.05, 0.1) is 11.1 Å². The van der Waals surface area contributed by atoms with Crippen LogP contribution < -0.4 is 5.32 Å². The standard InChI is InChI=1S/C14H13ClN2O3/c1-7-3-12(8(2)16-7)13(18)17-11-5-9(14(19)20)4-10(15)6-11/h3-6,16H,1-2H3,(H,17,18)(H,19,20). The molecule has 1 aromatic heterocycles. The second kappa shape index (κ2) is 5.38. The number of halogens is 1. The number of carbonyl (C=O) groups excluding carboxylic acids is 1. The number of carboxylic acids is 1. The molecule has 1 heterocycles. The fourth-order valence-electron chi connectivity index (χ4n) is 1.94. The normalized spacial score (nSPS) is 10.3. The van der Waals surface area contributed by atoms with Crippen molar-refractivity contribution in [2.75, 3.05) is 5.32 Å². The van der Waals surface area contributed by atoms with Gasteiger partial charge in [0.2, 0.25) is 0 Å². The summed E-state index contributed by atoms with van der Waals surface area (Å²) >= 11 is 5.84. The Kier molecular flexibility index (Phi) is 3.81. The first-order chi connectivity index (χ1) is 9.36. The Morgan fingerprint density at radius 1 is 1.20 bits per heavy atom. The van der Waals surface area contributed by atoms with Crippen LogP contribution in [0, 0.1) is 13.8 Å². The quantitative estimate of drug-likeness (QED) is 0.812. The van der Waals surface area contributed by atoms with Gasteiger partial charge in [-0.25, -0.2) is 4.79 Å². The van der Waals surface area contributed by atoms with Crippen LogP contribution in [-0.4, -0.2) is 22.0 Å². The van der Waals surface area contributed by atoms with E-state index in [-0.39, 0.29) is 16.5 Å². The van der Waals surface area contributed by atoms with E-state index in [0.29, 0.717) is 11.3 Å². The van der Waals surface area contributed by atoms with Crippen molar-refractivity contribution >= 4 is 29.2 Å². The maximum Gasteiger partial charge on any atom is 0.335 e. The summed E-state index contributed by atoms with van der Waals surface area (Å²) in [6.07, 6.45) is 0. The lowest BCUT2D eigenvalue weighted by atomic mass is 10.2. The largest absolute Gasteiger partial charge is 0.478 e. The molecule has 0 atom stereocenters.